The molecule has 0 amide bonds. The predicted molar refractivity (Wildman–Crippen MR) is 19.1 cm³/mol. The molecular weight excluding hydrogens is 236 g/mol. The molecule has 0 heterocycles. The molecule has 0 aromatic carbocycles. The first-order valence-corrected chi connectivity index (χ1v) is 1.11. The van der Waals surface area contributed by atoms with Gasteiger partial charge in [0.1, 0.15) is 0 Å². The molecule has 0 fully saturated rings. The molecule has 0 saturated carbocycles. The molecule has 50 valence electrons. The van der Waals surface area contributed by atoms with Crippen LogP contribution in [0.2, 0.25) is 0 Å². The molecule has 0 aliphatic rings. The maximum atomic E-state index is 8.36. The van der Waals surface area contributed by atoms with E-state index >= 15 is 0 Å². The maximum absolute atomic E-state index is 8.36. The van der Waals surface area contributed by atoms with Crippen molar-refractivity contribution in [3.63, 3.8) is 0 Å². The van der Waals surface area contributed by atoms with Gasteiger partial charge in [-0.05, 0) is 0 Å². The van der Waals surface area contributed by atoms with Crippen molar-refractivity contribution in [2.24, 2.45) is 0 Å². The van der Waals surface area contributed by atoms with Crippen LogP contribution < -0.4 is 0 Å². The van der Waals surface area contributed by atoms with Crippen LogP contribution >= 0.6 is 0 Å². The molecule has 0 bridgehead atoms. The van der Waals surface area contributed by atoms with E-state index in [4.69, 9.17) is 30.6 Å². The zero-order chi connectivity index (χ0) is 7.15. The Balaban J connectivity index is -0.0000000720. The molecule has 0 aliphatic carbocycles. The molecule has 0 unspecified atom stereocenters. The zero-order valence-electron chi connectivity index (χ0n) is 4.09. The first-order chi connectivity index (χ1) is 3.46. The van der Waals surface area contributed by atoms with Gasteiger partial charge in [-0.15, -0.1) is 10.1 Å². The van der Waals surface area contributed by atoms with Gasteiger partial charge in [-0.25, -0.2) is 0 Å². The number of hydrogen-bond donors (Lipinski definition) is 1. The summed E-state index contributed by atoms with van der Waals surface area (Å²) >= 11 is 0. The smallest absolute Gasteiger partial charge is 0.291 e. The summed E-state index contributed by atoms with van der Waals surface area (Å²) < 4.78 is 0. The first-order valence-electron chi connectivity index (χ1n) is 1.11. The monoisotopic (exact) mass is 239 g/mol. The average molecular weight is 237 g/mol. The normalized spacial score (nSPS) is 5.33. The summed E-state index contributed by atoms with van der Waals surface area (Å²) in [4.78, 5) is 16.6. The van der Waals surface area contributed by atoms with Crippen LogP contribution in [0.25, 0.3) is 0 Å². The van der Waals surface area contributed by atoms with E-state index in [-0.39, 0.29) is 27.3 Å². The van der Waals surface area contributed by atoms with Crippen molar-refractivity contribution in [1.29, 1.82) is 0 Å². The van der Waals surface area contributed by atoms with Crippen molar-refractivity contribution in [3.8, 4) is 0 Å². The van der Waals surface area contributed by atoms with Gasteiger partial charge in [-0.3, -0.25) is 0 Å². The second kappa shape index (κ2) is 10.3. The van der Waals surface area contributed by atoms with Gasteiger partial charge in [0.15, 0.2) is 0 Å². The van der Waals surface area contributed by atoms with E-state index in [9.17, 15) is 0 Å². The van der Waals surface area contributed by atoms with Crippen molar-refractivity contribution in [3.05, 3.63) is 25.4 Å². The van der Waals surface area contributed by atoms with E-state index in [1.165, 1.54) is 0 Å². The number of hydrogen-bond acceptors (Lipinski definition) is 5. The van der Waals surface area contributed by atoms with Crippen LogP contribution in [0, 0.1) is 25.4 Å². The molecular formula is HCdN2O6-. The quantitative estimate of drug-likeness (QED) is 0.340. The molecule has 0 aromatic rings. The Morgan fingerprint density at radius 1 is 1.11 bits per heavy atom. The summed E-state index contributed by atoms with van der Waals surface area (Å²) in [5, 5.41) is 28.4. The largest absolute Gasteiger partial charge is 0.356 e. The summed E-state index contributed by atoms with van der Waals surface area (Å²) in [6, 6.07) is 0. The molecule has 1 N–H and O–H groups in total. The second-order valence-corrected chi connectivity index (χ2v) is 0.461. The summed E-state index contributed by atoms with van der Waals surface area (Å²) in [6.07, 6.45) is 0. The Labute approximate surface area is 68.5 Å². The molecule has 0 aliphatic heterocycles. The minimum absolute atomic E-state index is 0. The SMILES string of the molecule is O=[N+]([O-])O.O=[N+]([O-])[O-].[Cd]. The van der Waals surface area contributed by atoms with Crippen molar-refractivity contribution in [1.82, 2.24) is 0 Å². The third kappa shape index (κ3) is 451. The van der Waals surface area contributed by atoms with Gasteiger partial charge in [0.25, 0.3) is 5.09 Å². The van der Waals surface area contributed by atoms with Crippen LogP contribution in [-0.4, -0.2) is 15.4 Å². The molecule has 0 saturated heterocycles. The zero-order valence-corrected chi connectivity index (χ0v) is 8.13. The van der Waals surface area contributed by atoms with Crippen molar-refractivity contribution in [2.75, 3.05) is 0 Å². The van der Waals surface area contributed by atoms with E-state index < -0.39 is 10.2 Å². The minimum atomic E-state index is -1.75. The van der Waals surface area contributed by atoms with Crippen LogP contribution in [0.3, 0.4) is 0 Å². The van der Waals surface area contributed by atoms with E-state index in [1.807, 2.05) is 0 Å². The molecule has 0 aromatic heterocycles. The Morgan fingerprint density at radius 3 is 1.11 bits per heavy atom. The number of rotatable bonds is 0. The average Bonchev–Trinajstić information content (AvgIpc) is 1.25. The van der Waals surface area contributed by atoms with Crippen LogP contribution in [0.15, 0.2) is 0 Å². The first kappa shape index (κ1) is 15.8. The number of nitrogens with zero attached hydrogens (tertiary/aromatic N) is 2. The Bertz CT molecular complexity index is 69.1. The molecule has 0 spiro atoms. The van der Waals surface area contributed by atoms with Crippen LogP contribution in [0.1, 0.15) is 0 Å². The summed E-state index contributed by atoms with van der Waals surface area (Å²) in [6.45, 7) is 0. The van der Waals surface area contributed by atoms with Crippen molar-refractivity contribution >= 4 is 0 Å². The minimum Gasteiger partial charge on any atom is -0.356 e. The predicted octanol–water partition coefficient (Wildman–Crippen LogP) is -0.589. The molecule has 9 heavy (non-hydrogen) atoms. The summed E-state index contributed by atoms with van der Waals surface area (Å²) in [5.41, 5.74) is 0. The Kier molecular flexibility index (Phi) is 18.1. The van der Waals surface area contributed by atoms with Crippen LogP contribution in [0.5, 0.6) is 0 Å². The van der Waals surface area contributed by atoms with Gasteiger partial charge < -0.3 is 20.5 Å². The van der Waals surface area contributed by atoms with Gasteiger partial charge in [0, 0.05) is 27.3 Å². The molecule has 0 radical (unpaired) electrons. The van der Waals surface area contributed by atoms with Crippen LogP contribution in [0.4, 0.5) is 0 Å². The molecule has 0 rings (SSSR count). The van der Waals surface area contributed by atoms with E-state index in [1.54, 1.807) is 0 Å². The second-order valence-electron chi connectivity index (χ2n) is 0.461. The third-order valence-electron chi connectivity index (χ3n) is 0. The fraction of sp³-hybridized carbons (Fsp3) is 0. The maximum Gasteiger partial charge on any atom is 0.291 e. The van der Waals surface area contributed by atoms with E-state index in [2.05, 4.69) is 0 Å². The van der Waals surface area contributed by atoms with Crippen LogP contribution in [-0.2, 0) is 27.3 Å². The standard InChI is InChI=1S/Cd.HNO3.NO3/c;2*2-1(3)4/h;(H,2,3,4);/q;;-1. The van der Waals surface area contributed by atoms with Gasteiger partial charge in [0.05, 0.1) is 5.09 Å². The fourth-order valence-electron chi connectivity index (χ4n) is 0. The van der Waals surface area contributed by atoms with Gasteiger partial charge in [-0.1, -0.05) is 0 Å². The molecule has 9 heteroatoms. The molecule has 8 nitrogen and oxygen atoms in total. The van der Waals surface area contributed by atoms with Gasteiger partial charge in [0.2, 0.25) is 0 Å². The topological polar surface area (TPSA) is 130 Å². The van der Waals surface area contributed by atoms with Gasteiger partial charge in [-0.2, -0.15) is 0 Å². The Hall–Kier alpha value is -0.678. The summed E-state index contributed by atoms with van der Waals surface area (Å²) in [7, 11) is 0. The van der Waals surface area contributed by atoms with E-state index in [0.29, 0.717) is 0 Å². The third-order valence-corrected chi connectivity index (χ3v) is 0. The van der Waals surface area contributed by atoms with Gasteiger partial charge >= 0.3 is 0 Å². The summed E-state index contributed by atoms with van der Waals surface area (Å²) in [5.74, 6) is 0. The fourth-order valence-corrected chi connectivity index (χ4v) is 0. The van der Waals surface area contributed by atoms with Crippen molar-refractivity contribution in [2.45, 2.75) is 0 Å². The van der Waals surface area contributed by atoms with Crippen molar-refractivity contribution < 1.29 is 42.7 Å². The Morgan fingerprint density at radius 2 is 1.11 bits per heavy atom. The molecule has 0 atom stereocenters. The van der Waals surface area contributed by atoms with E-state index in [0.717, 1.165) is 0 Å².